The first kappa shape index (κ1) is 16.7. The van der Waals surface area contributed by atoms with E-state index in [0.717, 1.165) is 18.9 Å². The first-order valence-electron chi connectivity index (χ1n) is 7.30. The number of hydrogen-bond acceptors (Lipinski definition) is 5. The van der Waals surface area contributed by atoms with Crippen LogP contribution in [0, 0.1) is 16.0 Å². The smallest absolute Gasteiger partial charge is 0.411 e. The van der Waals surface area contributed by atoms with E-state index >= 15 is 0 Å². The summed E-state index contributed by atoms with van der Waals surface area (Å²) in [5.74, 6) is -1.15. The number of benzene rings is 1. The van der Waals surface area contributed by atoms with Crippen LogP contribution in [0.3, 0.4) is 0 Å². The summed E-state index contributed by atoms with van der Waals surface area (Å²) in [7, 11) is 0. The molecule has 0 aliphatic heterocycles. The van der Waals surface area contributed by atoms with Crippen molar-refractivity contribution in [2.45, 2.75) is 39.2 Å². The molecule has 2 N–H and O–H groups in total. The molecule has 0 saturated heterocycles. The molecule has 1 aliphatic carbocycles. The third-order valence-corrected chi connectivity index (χ3v) is 3.29. The largest absolute Gasteiger partial charge is 0.478 e. The van der Waals surface area contributed by atoms with Gasteiger partial charge in [0.15, 0.2) is 0 Å². The van der Waals surface area contributed by atoms with Gasteiger partial charge in [0.05, 0.1) is 16.2 Å². The molecule has 1 saturated carbocycles. The average molecular weight is 322 g/mol. The van der Waals surface area contributed by atoms with Gasteiger partial charge in [0.1, 0.15) is 6.10 Å². The number of carbonyl (C=O) groups excluding carboxylic acids is 1. The molecule has 1 aromatic carbocycles. The number of aromatic carboxylic acids is 1. The summed E-state index contributed by atoms with van der Waals surface area (Å²) in [6.07, 6.45) is 0.929. The quantitative estimate of drug-likeness (QED) is 0.613. The highest BCUT2D eigenvalue weighted by atomic mass is 16.6. The van der Waals surface area contributed by atoms with Crippen molar-refractivity contribution in [1.29, 1.82) is 0 Å². The van der Waals surface area contributed by atoms with E-state index in [9.17, 15) is 24.8 Å². The molecule has 1 aliphatic rings. The molecule has 0 aromatic heterocycles. The lowest BCUT2D eigenvalue weighted by molar-refractivity contribution is -0.384. The Morgan fingerprint density at radius 2 is 2.09 bits per heavy atom. The van der Waals surface area contributed by atoms with E-state index in [2.05, 4.69) is 5.32 Å². The van der Waals surface area contributed by atoms with Crippen LogP contribution in [0.4, 0.5) is 16.2 Å². The Labute approximate surface area is 132 Å². The molecule has 124 valence electrons. The minimum absolute atomic E-state index is 0.0985. The highest BCUT2D eigenvalue weighted by Crippen LogP contribution is 2.30. The van der Waals surface area contributed by atoms with E-state index in [0.29, 0.717) is 12.0 Å². The summed E-state index contributed by atoms with van der Waals surface area (Å²) >= 11 is 0. The fourth-order valence-corrected chi connectivity index (χ4v) is 2.22. The van der Waals surface area contributed by atoms with Gasteiger partial charge in [-0.05, 0) is 30.7 Å². The van der Waals surface area contributed by atoms with Gasteiger partial charge in [-0.25, -0.2) is 9.59 Å². The molecular formula is C15H18N2O6. The number of anilines is 1. The third kappa shape index (κ3) is 4.41. The van der Waals surface area contributed by atoms with Crippen LogP contribution < -0.4 is 5.32 Å². The molecule has 0 atom stereocenters. The van der Waals surface area contributed by atoms with Crippen molar-refractivity contribution in [3.8, 4) is 0 Å². The maximum absolute atomic E-state index is 11.8. The normalized spacial score (nSPS) is 13.7. The van der Waals surface area contributed by atoms with Gasteiger partial charge in [0, 0.05) is 12.1 Å². The van der Waals surface area contributed by atoms with Crippen LogP contribution in [0.15, 0.2) is 12.1 Å². The predicted octanol–water partition coefficient (Wildman–Crippen LogP) is 3.20. The molecule has 0 radical (unpaired) electrons. The highest BCUT2D eigenvalue weighted by molar-refractivity contribution is 6.00. The average Bonchev–Trinajstić information content (AvgIpc) is 3.20. The van der Waals surface area contributed by atoms with E-state index in [1.807, 2.05) is 13.8 Å². The molecule has 1 aromatic rings. The molecule has 8 nitrogen and oxygen atoms in total. The summed E-state index contributed by atoms with van der Waals surface area (Å²) in [5.41, 5.74) is -0.221. The molecule has 1 amide bonds. The van der Waals surface area contributed by atoms with Crippen molar-refractivity contribution in [1.82, 2.24) is 0 Å². The number of carboxylic acids is 1. The van der Waals surface area contributed by atoms with Crippen LogP contribution in [0.25, 0.3) is 0 Å². The molecule has 0 bridgehead atoms. The fourth-order valence-electron chi connectivity index (χ4n) is 2.22. The number of rotatable bonds is 6. The van der Waals surface area contributed by atoms with Gasteiger partial charge >= 0.3 is 12.1 Å². The maximum atomic E-state index is 11.8. The number of nitrogens with zero attached hydrogens (tertiary/aromatic N) is 1. The van der Waals surface area contributed by atoms with E-state index in [4.69, 9.17) is 4.74 Å². The van der Waals surface area contributed by atoms with Crippen LogP contribution in [0.2, 0.25) is 0 Å². The number of nitro benzene ring substituents is 1. The Balaban J connectivity index is 2.42. The van der Waals surface area contributed by atoms with Gasteiger partial charge < -0.3 is 9.84 Å². The van der Waals surface area contributed by atoms with Gasteiger partial charge in [0.2, 0.25) is 0 Å². The number of nitro groups is 1. The second kappa shape index (κ2) is 6.64. The summed E-state index contributed by atoms with van der Waals surface area (Å²) < 4.78 is 5.01. The number of non-ortho nitro benzene ring substituents is 1. The monoisotopic (exact) mass is 322 g/mol. The van der Waals surface area contributed by atoms with Crippen molar-refractivity contribution >= 4 is 23.4 Å². The number of ether oxygens (including phenoxy) is 1. The molecule has 0 heterocycles. The lowest BCUT2D eigenvalue weighted by atomic mass is 9.96. The Morgan fingerprint density at radius 3 is 2.57 bits per heavy atom. The second-order valence-electron chi connectivity index (χ2n) is 5.92. The van der Waals surface area contributed by atoms with E-state index < -0.39 is 17.0 Å². The molecule has 2 rings (SSSR count). The summed E-state index contributed by atoms with van der Waals surface area (Å²) in [4.78, 5) is 33.8. The Morgan fingerprint density at radius 1 is 1.43 bits per heavy atom. The lowest BCUT2D eigenvalue weighted by Crippen LogP contribution is -2.18. The van der Waals surface area contributed by atoms with Gasteiger partial charge in [0.25, 0.3) is 5.69 Å². The molecule has 8 heteroatoms. The SMILES string of the molecule is CC(C)Cc1cc([N+](=O)[O-])cc(NC(=O)OC2CC2)c1C(=O)O. The number of carbonyl (C=O) groups is 2. The standard InChI is InChI=1S/C15H18N2O6/c1-8(2)5-9-6-10(17(21)22)7-12(13(9)14(18)19)16-15(20)23-11-3-4-11/h6-8,11H,3-5H2,1-2H3,(H,16,20)(H,18,19). The van der Waals surface area contributed by atoms with Crippen molar-refractivity contribution in [3.05, 3.63) is 33.4 Å². The number of nitrogens with one attached hydrogen (secondary N) is 1. The van der Waals surface area contributed by atoms with E-state index in [-0.39, 0.29) is 29.0 Å². The summed E-state index contributed by atoms with van der Waals surface area (Å²) in [6, 6.07) is 2.28. The molecule has 0 spiro atoms. The molecular weight excluding hydrogens is 304 g/mol. The summed E-state index contributed by atoms with van der Waals surface area (Å²) in [5, 5.41) is 22.8. The predicted molar refractivity (Wildman–Crippen MR) is 81.7 cm³/mol. The lowest BCUT2D eigenvalue weighted by Gasteiger charge is -2.14. The van der Waals surface area contributed by atoms with Crippen molar-refractivity contribution in [2.24, 2.45) is 5.92 Å². The highest BCUT2D eigenvalue weighted by Gasteiger charge is 2.28. The van der Waals surface area contributed by atoms with Gasteiger partial charge in [-0.15, -0.1) is 0 Å². The van der Waals surface area contributed by atoms with Crippen LogP contribution in [-0.2, 0) is 11.2 Å². The Hall–Kier alpha value is -2.64. The van der Waals surface area contributed by atoms with Crippen LogP contribution in [0.1, 0.15) is 42.6 Å². The summed E-state index contributed by atoms with van der Waals surface area (Å²) in [6.45, 7) is 3.75. The van der Waals surface area contributed by atoms with E-state index in [1.54, 1.807) is 0 Å². The zero-order valence-corrected chi connectivity index (χ0v) is 12.9. The molecule has 23 heavy (non-hydrogen) atoms. The zero-order valence-electron chi connectivity index (χ0n) is 12.9. The second-order valence-corrected chi connectivity index (χ2v) is 5.92. The van der Waals surface area contributed by atoms with Crippen LogP contribution >= 0.6 is 0 Å². The third-order valence-electron chi connectivity index (χ3n) is 3.29. The van der Waals surface area contributed by atoms with Crippen LogP contribution in [0.5, 0.6) is 0 Å². The number of amides is 1. The Kier molecular flexibility index (Phi) is 4.83. The topological polar surface area (TPSA) is 119 Å². The van der Waals surface area contributed by atoms with Crippen molar-refractivity contribution in [2.75, 3.05) is 5.32 Å². The molecule has 1 fully saturated rings. The van der Waals surface area contributed by atoms with Crippen molar-refractivity contribution in [3.63, 3.8) is 0 Å². The van der Waals surface area contributed by atoms with Gasteiger partial charge in [-0.2, -0.15) is 0 Å². The first-order chi connectivity index (χ1) is 10.8. The van der Waals surface area contributed by atoms with E-state index in [1.165, 1.54) is 6.07 Å². The fraction of sp³-hybridized carbons (Fsp3) is 0.467. The minimum atomic E-state index is -1.25. The maximum Gasteiger partial charge on any atom is 0.411 e. The zero-order chi connectivity index (χ0) is 17.1. The number of carboxylic acid groups (broad SMARTS) is 1. The van der Waals surface area contributed by atoms with Gasteiger partial charge in [-0.1, -0.05) is 13.8 Å². The minimum Gasteiger partial charge on any atom is -0.478 e. The van der Waals surface area contributed by atoms with Crippen molar-refractivity contribution < 1.29 is 24.4 Å². The van der Waals surface area contributed by atoms with Gasteiger partial charge in [-0.3, -0.25) is 15.4 Å². The molecule has 0 unspecified atom stereocenters. The number of hydrogen-bond donors (Lipinski definition) is 2. The Bertz CT molecular complexity index is 652. The first-order valence-corrected chi connectivity index (χ1v) is 7.30. The van der Waals surface area contributed by atoms with Crippen LogP contribution in [-0.4, -0.2) is 28.2 Å².